The molecule has 5 nitrogen and oxygen atoms in total. The largest absolute Gasteiger partial charge is 0.462 e. The molecule has 0 radical (unpaired) electrons. The molecule has 2 saturated heterocycles. The molecule has 35 heavy (non-hydrogen) atoms. The number of esters is 1. The average Bonchev–Trinajstić information content (AvgIpc) is 3.17. The van der Waals surface area contributed by atoms with Crippen LogP contribution in [-0.2, 0) is 24.1 Å². The van der Waals surface area contributed by atoms with Gasteiger partial charge < -0.3 is 4.74 Å². The van der Waals surface area contributed by atoms with Gasteiger partial charge in [0.2, 0.25) is 0 Å². The molecule has 0 amide bonds. The molecule has 2 heterocycles. The van der Waals surface area contributed by atoms with Crippen LogP contribution < -0.4 is 0 Å². The maximum absolute atomic E-state index is 14.1. The van der Waals surface area contributed by atoms with Crippen molar-refractivity contribution in [2.45, 2.75) is 124 Å². The number of allylic oxidation sites excluding steroid dienone is 1. The Kier molecular flexibility index (Phi) is 6.12. The molecule has 0 unspecified atom stereocenters. The highest BCUT2D eigenvalue weighted by Gasteiger charge is 2.75. The van der Waals surface area contributed by atoms with Crippen LogP contribution in [0.4, 0.5) is 0 Å². The number of ketones is 1. The fourth-order valence-electron chi connectivity index (χ4n) is 9.06. The summed E-state index contributed by atoms with van der Waals surface area (Å²) in [5, 5.41) is 0. The molecule has 0 aromatic rings. The van der Waals surface area contributed by atoms with Gasteiger partial charge in [0.05, 0.1) is 0 Å². The summed E-state index contributed by atoms with van der Waals surface area (Å²) < 4.78 is 5.60. The van der Waals surface area contributed by atoms with Gasteiger partial charge in [-0.05, 0) is 73.8 Å². The summed E-state index contributed by atoms with van der Waals surface area (Å²) in [7, 11) is 0. The molecule has 5 fully saturated rings. The lowest BCUT2D eigenvalue weighted by Gasteiger charge is -2.68. The smallest absolute Gasteiger partial charge is 0.302 e. The van der Waals surface area contributed by atoms with E-state index in [1.165, 1.54) is 25.3 Å². The van der Waals surface area contributed by atoms with Crippen molar-refractivity contribution in [3.8, 4) is 0 Å². The van der Waals surface area contributed by atoms with E-state index in [-0.39, 0.29) is 23.4 Å². The summed E-state index contributed by atoms with van der Waals surface area (Å²) >= 11 is 0. The molecule has 9 atom stereocenters. The molecule has 0 aromatic heterocycles. The first kappa shape index (κ1) is 25.4. The number of rotatable bonds is 6. The highest BCUT2D eigenvalue weighted by molar-refractivity contribution is 5.98. The Balaban J connectivity index is 1.45. The molecular weight excluding hydrogens is 440 g/mol. The van der Waals surface area contributed by atoms with Gasteiger partial charge in [-0.2, -0.15) is 0 Å². The fraction of sp³-hybridized carbons (Fsp3) is 0.867. The summed E-state index contributed by atoms with van der Waals surface area (Å²) in [6.45, 7) is 15.3. The van der Waals surface area contributed by atoms with Crippen LogP contribution in [0.3, 0.4) is 0 Å². The Morgan fingerprint density at radius 1 is 1.06 bits per heavy atom. The second-order valence-corrected chi connectivity index (χ2v) is 13.6. The molecule has 5 heteroatoms. The van der Waals surface area contributed by atoms with Gasteiger partial charge in [-0.1, -0.05) is 54.4 Å². The van der Waals surface area contributed by atoms with Crippen LogP contribution in [0.25, 0.3) is 0 Å². The van der Waals surface area contributed by atoms with Crippen LogP contribution in [0.5, 0.6) is 0 Å². The molecular formula is C30H46O5. The lowest BCUT2D eigenvalue weighted by atomic mass is 9.44. The maximum atomic E-state index is 14.1. The average molecular weight is 487 g/mol. The first-order chi connectivity index (χ1) is 16.4. The van der Waals surface area contributed by atoms with Crippen LogP contribution >= 0.6 is 0 Å². The Labute approximate surface area is 211 Å². The SMILES string of the molecule is CC(=O)O[C@@H]1CC[C@]2(C)C3=CC(=O)[C@]4(C)[C@H]([C@H](C)CC[C@H](C)C(C)C)CC[C@@H]4[C@@]34CC[C@]2(C1)OO4. The van der Waals surface area contributed by atoms with Crippen molar-refractivity contribution < 1.29 is 24.1 Å². The predicted octanol–water partition coefficient (Wildman–Crippen LogP) is 6.59. The quantitative estimate of drug-likeness (QED) is 0.313. The van der Waals surface area contributed by atoms with Gasteiger partial charge >= 0.3 is 5.97 Å². The Bertz CT molecular complexity index is 912. The van der Waals surface area contributed by atoms with Crippen molar-refractivity contribution in [1.29, 1.82) is 0 Å². The molecule has 6 rings (SSSR count). The Hall–Kier alpha value is -1.20. The molecule has 0 N–H and O–H groups in total. The van der Waals surface area contributed by atoms with Gasteiger partial charge in [0.1, 0.15) is 17.3 Å². The number of fused-ring (bicyclic) bond motifs is 3. The normalized spacial score (nSPS) is 45.9. The van der Waals surface area contributed by atoms with Gasteiger partial charge in [0.25, 0.3) is 0 Å². The van der Waals surface area contributed by atoms with Crippen molar-refractivity contribution in [1.82, 2.24) is 0 Å². The van der Waals surface area contributed by atoms with Gasteiger partial charge in [0.15, 0.2) is 5.78 Å². The molecule has 6 aliphatic rings. The number of hydrogen-bond donors (Lipinski definition) is 0. The van der Waals surface area contributed by atoms with Crippen molar-refractivity contribution in [2.24, 2.45) is 40.4 Å². The van der Waals surface area contributed by atoms with E-state index in [1.54, 1.807) is 0 Å². The zero-order chi connectivity index (χ0) is 25.4. The second-order valence-electron chi connectivity index (χ2n) is 13.6. The van der Waals surface area contributed by atoms with Crippen molar-refractivity contribution >= 4 is 11.8 Å². The fourth-order valence-corrected chi connectivity index (χ4v) is 9.06. The number of carbonyl (C=O) groups is 2. The Morgan fingerprint density at radius 3 is 2.43 bits per heavy atom. The van der Waals surface area contributed by atoms with E-state index in [9.17, 15) is 9.59 Å². The third-order valence-electron chi connectivity index (χ3n) is 11.7. The lowest BCUT2D eigenvalue weighted by Crippen LogP contribution is -2.72. The first-order valence-electron chi connectivity index (χ1n) is 14.2. The third-order valence-corrected chi connectivity index (χ3v) is 11.7. The van der Waals surface area contributed by atoms with Crippen molar-refractivity contribution in [2.75, 3.05) is 0 Å². The van der Waals surface area contributed by atoms with E-state index >= 15 is 0 Å². The number of ether oxygens (including phenoxy) is 1. The summed E-state index contributed by atoms with van der Waals surface area (Å²) in [4.78, 5) is 38.6. The van der Waals surface area contributed by atoms with E-state index < -0.39 is 16.6 Å². The second kappa shape index (κ2) is 8.41. The lowest BCUT2D eigenvalue weighted by molar-refractivity contribution is -0.493. The molecule has 2 aliphatic heterocycles. The minimum absolute atomic E-state index is 0.148. The first-order valence-corrected chi connectivity index (χ1v) is 14.2. The van der Waals surface area contributed by atoms with Gasteiger partial charge in [0, 0.05) is 30.1 Å². The van der Waals surface area contributed by atoms with E-state index in [0.717, 1.165) is 38.5 Å². The van der Waals surface area contributed by atoms with E-state index in [1.807, 2.05) is 6.08 Å². The van der Waals surface area contributed by atoms with Gasteiger partial charge in [-0.15, -0.1) is 0 Å². The highest BCUT2D eigenvalue weighted by atomic mass is 17.2. The third kappa shape index (κ3) is 3.46. The van der Waals surface area contributed by atoms with Crippen molar-refractivity contribution in [3.05, 3.63) is 11.6 Å². The zero-order valence-electron chi connectivity index (χ0n) is 22.9. The summed E-state index contributed by atoms with van der Waals surface area (Å²) in [6, 6.07) is 0. The van der Waals surface area contributed by atoms with E-state index in [4.69, 9.17) is 14.5 Å². The van der Waals surface area contributed by atoms with Crippen LogP contribution in [0, 0.1) is 40.4 Å². The molecule has 2 spiro atoms. The van der Waals surface area contributed by atoms with Crippen LogP contribution in [0.2, 0.25) is 0 Å². The van der Waals surface area contributed by atoms with Gasteiger partial charge in [-0.25, -0.2) is 9.78 Å². The summed E-state index contributed by atoms with van der Waals surface area (Å²) in [5.74, 6) is 2.54. The topological polar surface area (TPSA) is 61.8 Å². The molecule has 2 bridgehead atoms. The van der Waals surface area contributed by atoms with Crippen LogP contribution in [0.15, 0.2) is 11.6 Å². The van der Waals surface area contributed by atoms with E-state index in [2.05, 4.69) is 41.5 Å². The van der Waals surface area contributed by atoms with Crippen molar-refractivity contribution in [3.63, 3.8) is 0 Å². The maximum Gasteiger partial charge on any atom is 0.302 e. The van der Waals surface area contributed by atoms with Crippen LogP contribution in [0.1, 0.15) is 106 Å². The minimum atomic E-state index is -0.523. The predicted molar refractivity (Wildman–Crippen MR) is 134 cm³/mol. The summed E-state index contributed by atoms with van der Waals surface area (Å²) in [5.41, 5.74) is -0.486. The standard InChI is InChI=1S/C30H46O5/c1-18(2)19(3)8-9-20(4)23-10-11-24-28(23,7)26(32)16-25-27(6)13-12-22(33-21(5)31)17-29(27)14-15-30(24,25)35-34-29/h16,18-20,22-24H,8-15,17H2,1-7H3/t19-,20+,22+,23-,24-,27+,28+,29+,30-/m0/s1. The molecule has 0 aromatic carbocycles. The monoisotopic (exact) mass is 486 g/mol. The molecule has 196 valence electrons. The highest BCUT2D eigenvalue weighted by Crippen LogP contribution is 2.72. The van der Waals surface area contributed by atoms with Crippen LogP contribution in [-0.4, -0.2) is 29.1 Å². The Morgan fingerprint density at radius 2 is 1.80 bits per heavy atom. The molecule has 3 saturated carbocycles. The number of hydrogen-bond acceptors (Lipinski definition) is 5. The van der Waals surface area contributed by atoms with Gasteiger partial charge in [-0.3, -0.25) is 9.59 Å². The summed E-state index contributed by atoms with van der Waals surface area (Å²) in [6.07, 6.45) is 10.4. The zero-order valence-corrected chi connectivity index (χ0v) is 22.9. The minimum Gasteiger partial charge on any atom is -0.462 e. The molecule has 4 aliphatic carbocycles. The number of carbonyl (C=O) groups excluding carboxylic acids is 2. The van der Waals surface area contributed by atoms with E-state index in [0.29, 0.717) is 35.9 Å².